The van der Waals surface area contributed by atoms with E-state index < -0.39 is 0 Å². The number of aromatic nitrogens is 1. The highest BCUT2D eigenvalue weighted by molar-refractivity contribution is 5.78. The van der Waals surface area contributed by atoms with Crippen LogP contribution in [0, 0.1) is 12.3 Å². The zero-order valence-electron chi connectivity index (χ0n) is 6.57. The highest BCUT2D eigenvalue weighted by Crippen LogP contribution is 2.12. The number of nitrogens with zero attached hydrogens (tertiary/aromatic N) is 1. The third kappa shape index (κ3) is 1.43. The van der Waals surface area contributed by atoms with Gasteiger partial charge in [0.2, 0.25) is 5.88 Å². The molecule has 0 spiro atoms. The maximum absolute atomic E-state index is 10.5. The van der Waals surface area contributed by atoms with E-state index in [4.69, 9.17) is 11.2 Å². The van der Waals surface area contributed by atoms with Crippen molar-refractivity contribution in [3.63, 3.8) is 0 Å². The summed E-state index contributed by atoms with van der Waals surface area (Å²) in [5, 5.41) is 0. The lowest BCUT2D eigenvalue weighted by Gasteiger charge is -2.00. The van der Waals surface area contributed by atoms with Gasteiger partial charge in [-0.05, 0) is 6.07 Å². The number of hydrogen-bond acceptors (Lipinski definition) is 3. The van der Waals surface area contributed by atoms with E-state index in [1.54, 1.807) is 6.07 Å². The number of aldehydes is 1. The van der Waals surface area contributed by atoms with Gasteiger partial charge in [0.25, 0.3) is 0 Å². The van der Waals surface area contributed by atoms with Gasteiger partial charge in [0.1, 0.15) is 0 Å². The molecule has 0 bridgehead atoms. The summed E-state index contributed by atoms with van der Waals surface area (Å²) in [5.41, 5.74) is 0.936. The molecule has 0 atom stereocenters. The fourth-order valence-electron chi connectivity index (χ4n) is 0.803. The summed E-state index contributed by atoms with van der Waals surface area (Å²) >= 11 is 0. The highest BCUT2D eigenvalue weighted by atomic mass is 16.5. The van der Waals surface area contributed by atoms with Gasteiger partial charge in [0, 0.05) is 11.8 Å². The molecule has 1 aromatic rings. The van der Waals surface area contributed by atoms with Crippen molar-refractivity contribution in [1.82, 2.24) is 4.98 Å². The zero-order chi connectivity index (χ0) is 8.97. The van der Waals surface area contributed by atoms with Gasteiger partial charge in [0.05, 0.1) is 12.7 Å². The number of carbonyl (C=O) groups is 1. The first-order valence-electron chi connectivity index (χ1n) is 3.27. The van der Waals surface area contributed by atoms with Crippen LogP contribution in [0.3, 0.4) is 0 Å². The number of rotatable bonds is 2. The first-order chi connectivity index (χ1) is 5.81. The minimum atomic E-state index is 0.295. The maximum atomic E-state index is 10.5. The van der Waals surface area contributed by atoms with Crippen molar-refractivity contribution < 1.29 is 9.53 Å². The van der Waals surface area contributed by atoms with Gasteiger partial charge in [-0.25, -0.2) is 4.98 Å². The van der Waals surface area contributed by atoms with Crippen LogP contribution in [0.4, 0.5) is 0 Å². The first kappa shape index (κ1) is 8.28. The lowest BCUT2D eigenvalue weighted by atomic mass is 10.2. The molecular weight excluding hydrogens is 154 g/mol. The van der Waals surface area contributed by atoms with E-state index >= 15 is 0 Å². The standard InChI is InChI=1S/C9H7NO2/c1-3-7-4-8(6-11)9(12-2)10-5-7/h1,4-6H,2H3. The van der Waals surface area contributed by atoms with Crippen LogP contribution in [-0.4, -0.2) is 18.4 Å². The number of hydrogen-bond donors (Lipinski definition) is 0. The van der Waals surface area contributed by atoms with Crippen LogP contribution < -0.4 is 4.74 Å². The van der Waals surface area contributed by atoms with Gasteiger partial charge >= 0.3 is 0 Å². The van der Waals surface area contributed by atoms with Gasteiger partial charge in [0.15, 0.2) is 6.29 Å². The van der Waals surface area contributed by atoms with E-state index in [1.165, 1.54) is 13.3 Å². The smallest absolute Gasteiger partial charge is 0.223 e. The van der Waals surface area contributed by atoms with Crippen molar-refractivity contribution in [3.05, 3.63) is 23.4 Å². The topological polar surface area (TPSA) is 39.2 Å². The Hall–Kier alpha value is -1.82. The molecule has 1 rings (SSSR count). The average Bonchev–Trinajstić information content (AvgIpc) is 2.16. The molecule has 0 aliphatic carbocycles. The van der Waals surface area contributed by atoms with Gasteiger partial charge < -0.3 is 4.74 Å². The van der Waals surface area contributed by atoms with Gasteiger partial charge in [-0.2, -0.15) is 0 Å². The van der Waals surface area contributed by atoms with E-state index in [9.17, 15) is 4.79 Å². The Bertz CT molecular complexity index is 339. The summed E-state index contributed by atoms with van der Waals surface area (Å²) in [4.78, 5) is 14.3. The fraction of sp³-hybridized carbons (Fsp3) is 0.111. The van der Waals surface area contributed by atoms with Gasteiger partial charge in [-0.3, -0.25) is 4.79 Å². The Morgan fingerprint density at radius 2 is 2.50 bits per heavy atom. The summed E-state index contributed by atoms with van der Waals surface area (Å²) in [6, 6.07) is 1.55. The molecule has 0 aliphatic heterocycles. The van der Waals surface area contributed by atoms with Crippen molar-refractivity contribution in [2.75, 3.05) is 7.11 Å². The monoisotopic (exact) mass is 161 g/mol. The quantitative estimate of drug-likeness (QED) is 0.477. The SMILES string of the molecule is C#Cc1cnc(OC)c(C=O)c1. The van der Waals surface area contributed by atoms with E-state index in [1.807, 2.05) is 0 Å². The van der Waals surface area contributed by atoms with Crippen LogP contribution in [0.25, 0.3) is 0 Å². The third-order valence-corrected chi connectivity index (χ3v) is 1.37. The van der Waals surface area contributed by atoms with Crippen LogP contribution in [0.2, 0.25) is 0 Å². The molecule has 0 fully saturated rings. The Morgan fingerprint density at radius 1 is 1.75 bits per heavy atom. The van der Waals surface area contributed by atoms with Crippen molar-refractivity contribution in [2.45, 2.75) is 0 Å². The molecule has 0 saturated heterocycles. The van der Waals surface area contributed by atoms with Crippen molar-refractivity contribution >= 4 is 6.29 Å². The van der Waals surface area contributed by atoms with Crippen LogP contribution in [0.1, 0.15) is 15.9 Å². The number of pyridine rings is 1. The van der Waals surface area contributed by atoms with E-state index in [0.29, 0.717) is 23.3 Å². The van der Waals surface area contributed by atoms with Crippen LogP contribution in [0.5, 0.6) is 5.88 Å². The second-order valence-corrected chi connectivity index (χ2v) is 2.08. The number of carbonyl (C=O) groups excluding carboxylic acids is 1. The zero-order valence-corrected chi connectivity index (χ0v) is 6.57. The Balaban J connectivity index is 3.21. The summed E-state index contributed by atoms with van der Waals surface area (Å²) in [5.74, 6) is 2.67. The molecule has 0 saturated carbocycles. The Kier molecular flexibility index (Phi) is 2.44. The minimum Gasteiger partial charge on any atom is -0.480 e. The molecule has 1 aromatic heterocycles. The molecule has 0 unspecified atom stereocenters. The third-order valence-electron chi connectivity index (χ3n) is 1.37. The van der Waals surface area contributed by atoms with Crippen LogP contribution >= 0.6 is 0 Å². The molecule has 0 amide bonds. The van der Waals surface area contributed by atoms with Crippen LogP contribution in [-0.2, 0) is 0 Å². The summed E-state index contributed by atoms with van der Waals surface area (Å²) in [7, 11) is 1.45. The lowest BCUT2D eigenvalue weighted by molar-refractivity contribution is 0.112. The molecule has 1 heterocycles. The average molecular weight is 161 g/mol. The second kappa shape index (κ2) is 3.54. The van der Waals surface area contributed by atoms with Gasteiger partial charge in [-0.15, -0.1) is 6.42 Å². The second-order valence-electron chi connectivity index (χ2n) is 2.08. The van der Waals surface area contributed by atoms with Crippen molar-refractivity contribution in [1.29, 1.82) is 0 Å². The first-order valence-corrected chi connectivity index (χ1v) is 3.27. The molecule has 0 aromatic carbocycles. The van der Waals surface area contributed by atoms with Crippen molar-refractivity contribution in [2.24, 2.45) is 0 Å². The van der Waals surface area contributed by atoms with E-state index in [0.717, 1.165) is 0 Å². The number of methoxy groups -OCH3 is 1. The fourth-order valence-corrected chi connectivity index (χ4v) is 0.803. The van der Waals surface area contributed by atoms with Crippen LogP contribution in [0.15, 0.2) is 12.3 Å². The normalized spacial score (nSPS) is 8.67. The Labute approximate surface area is 70.4 Å². The molecule has 0 aliphatic rings. The minimum absolute atomic E-state index is 0.295. The predicted molar refractivity (Wildman–Crippen MR) is 44.1 cm³/mol. The molecular formula is C9H7NO2. The largest absolute Gasteiger partial charge is 0.480 e. The summed E-state index contributed by atoms with van der Waals surface area (Å²) in [6.45, 7) is 0. The summed E-state index contributed by atoms with van der Waals surface area (Å²) < 4.78 is 4.82. The van der Waals surface area contributed by atoms with Crippen molar-refractivity contribution in [3.8, 4) is 18.2 Å². The molecule has 3 nitrogen and oxygen atoms in total. The maximum Gasteiger partial charge on any atom is 0.223 e. The summed E-state index contributed by atoms with van der Waals surface area (Å²) in [6.07, 6.45) is 7.26. The van der Waals surface area contributed by atoms with E-state index in [2.05, 4.69) is 10.9 Å². The molecule has 12 heavy (non-hydrogen) atoms. The molecule has 3 heteroatoms. The predicted octanol–water partition coefficient (Wildman–Crippen LogP) is 0.884. The molecule has 60 valence electrons. The van der Waals surface area contributed by atoms with Gasteiger partial charge in [-0.1, -0.05) is 5.92 Å². The molecule has 0 radical (unpaired) electrons. The van der Waals surface area contributed by atoms with E-state index in [-0.39, 0.29) is 0 Å². The number of terminal acetylenes is 1. The number of ether oxygens (including phenoxy) is 1. The lowest BCUT2D eigenvalue weighted by Crippen LogP contribution is -1.94. The highest BCUT2D eigenvalue weighted by Gasteiger charge is 2.02. The molecule has 0 N–H and O–H groups in total. The Morgan fingerprint density at radius 3 is 3.00 bits per heavy atom.